The van der Waals surface area contributed by atoms with E-state index in [-0.39, 0.29) is 5.91 Å². The summed E-state index contributed by atoms with van der Waals surface area (Å²) in [7, 11) is -1.58. The molecule has 0 spiro atoms. The summed E-state index contributed by atoms with van der Waals surface area (Å²) in [5.41, 5.74) is 1.87. The van der Waals surface area contributed by atoms with Crippen molar-refractivity contribution in [3.05, 3.63) is 23.5 Å². The zero-order chi connectivity index (χ0) is 15.6. The summed E-state index contributed by atoms with van der Waals surface area (Å²) in [6, 6.07) is 1.78. The second-order valence-electron chi connectivity index (χ2n) is 4.98. The second-order valence-corrected chi connectivity index (χ2v) is 8.33. The van der Waals surface area contributed by atoms with Crippen LogP contribution in [0, 0.1) is 6.92 Å². The maximum Gasteiger partial charge on any atom is 0.258 e. The molecule has 116 valence electrons. The number of amides is 1. The molecule has 21 heavy (non-hydrogen) atoms. The number of sulfone groups is 1. The standard InChI is InChI=1S/C13H19N3O3S2/c1-9-6-11(14-2)10(7-15-9)13(17)16-4-5-20-8-12(16)21(3,18)19/h6-7,12H,4-5,8H2,1-3H3,(H,14,15). The number of pyridine rings is 1. The Morgan fingerprint density at radius 2 is 2.24 bits per heavy atom. The molecule has 1 saturated heterocycles. The van der Waals surface area contributed by atoms with Gasteiger partial charge in [-0.05, 0) is 13.0 Å². The van der Waals surface area contributed by atoms with Crippen LogP contribution in [0.1, 0.15) is 16.1 Å². The summed E-state index contributed by atoms with van der Waals surface area (Å²) in [4.78, 5) is 18.3. The first-order chi connectivity index (χ1) is 9.84. The van der Waals surface area contributed by atoms with E-state index < -0.39 is 15.2 Å². The van der Waals surface area contributed by atoms with E-state index in [0.717, 1.165) is 11.4 Å². The van der Waals surface area contributed by atoms with E-state index in [4.69, 9.17) is 0 Å². The molecule has 2 rings (SSSR count). The molecule has 1 unspecified atom stereocenters. The third-order valence-electron chi connectivity index (χ3n) is 3.38. The number of aromatic nitrogens is 1. The molecule has 0 bridgehead atoms. The molecule has 0 aromatic carbocycles. The molecule has 2 heterocycles. The summed E-state index contributed by atoms with van der Waals surface area (Å²) >= 11 is 1.55. The fourth-order valence-corrected chi connectivity index (χ4v) is 5.07. The predicted octanol–water partition coefficient (Wildman–Crippen LogP) is 0.991. The molecule has 0 saturated carbocycles. The number of nitrogens with zero attached hydrogens (tertiary/aromatic N) is 2. The van der Waals surface area contributed by atoms with Gasteiger partial charge in [-0.3, -0.25) is 9.78 Å². The van der Waals surface area contributed by atoms with Crippen molar-refractivity contribution in [2.45, 2.75) is 12.3 Å². The Hall–Kier alpha value is -1.28. The van der Waals surface area contributed by atoms with E-state index in [9.17, 15) is 13.2 Å². The van der Waals surface area contributed by atoms with Crippen LogP contribution in [-0.2, 0) is 9.84 Å². The van der Waals surface area contributed by atoms with Gasteiger partial charge in [0.25, 0.3) is 5.91 Å². The van der Waals surface area contributed by atoms with Crippen molar-refractivity contribution >= 4 is 33.2 Å². The molecular weight excluding hydrogens is 310 g/mol. The molecule has 1 aromatic rings. The van der Waals surface area contributed by atoms with Crippen LogP contribution in [0.25, 0.3) is 0 Å². The van der Waals surface area contributed by atoms with Crippen LogP contribution in [0.3, 0.4) is 0 Å². The largest absolute Gasteiger partial charge is 0.387 e. The Labute approximate surface area is 129 Å². The zero-order valence-corrected chi connectivity index (χ0v) is 13.9. The average Bonchev–Trinajstić information content (AvgIpc) is 2.45. The smallest absolute Gasteiger partial charge is 0.258 e. The van der Waals surface area contributed by atoms with Gasteiger partial charge in [0.15, 0.2) is 9.84 Å². The summed E-state index contributed by atoms with van der Waals surface area (Å²) in [5.74, 6) is 0.868. The SMILES string of the molecule is CNc1cc(C)ncc1C(=O)N1CCSCC1S(C)(=O)=O. The lowest BCUT2D eigenvalue weighted by Crippen LogP contribution is -2.50. The van der Waals surface area contributed by atoms with E-state index in [1.807, 2.05) is 6.92 Å². The molecule has 8 heteroatoms. The van der Waals surface area contributed by atoms with E-state index in [1.54, 1.807) is 24.9 Å². The third-order valence-corrected chi connectivity index (χ3v) is 6.02. The minimum absolute atomic E-state index is 0.289. The molecule has 1 aliphatic heterocycles. The van der Waals surface area contributed by atoms with Crippen LogP contribution >= 0.6 is 11.8 Å². The molecule has 1 aromatic heterocycles. The van der Waals surface area contributed by atoms with Crippen molar-refractivity contribution in [2.75, 3.05) is 36.7 Å². The summed E-state index contributed by atoms with van der Waals surface area (Å²) in [6.45, 7) is 2.27. The molecular formula is C13H19N3O3S2. The van der Waals surface area contributed by atoms with E-state index in [2.05, 4.69) is 10.3 Å². The average molecular weight is 329 g/mol. The highest BCUT2D eigenvalue weighted by molar-refractivity contribution is 8.00. The van der Waals surface area contributed by atoms with Crippen molar-refractivity contribution < 1.29 is 13.2 Å². The summed E-state index contributed by atoms with van der Waals surface area (Å²) in [6.07, 6.45) is 2.68. The first-order valence-corrected chi connectivity index (χ1v) is 9.67. The number of nitrogens with one attached hydrogen (secondary N) is 1. The molecule has 1 amide bonds. The Kier molecular flexibility index (Phi) is 4.77. The third kappa shape index (κ3) is 3.49. The maximum atomic E-state index is 12.7. The van der Waals surface area contributed by atoms with Crippen LogP contribution < -0.4 is 5.32 Å². The first kappa shape index (κ1) is 16.1. The minimum atomic E-state index is -3.31. The van der Waals surface area contributed by atoms with Gasteiger partial charge in [-0.1, -0.05) is 0 Å². The molecule has 0 aliphatic carbocycles. The number of anilines is 1. The predicted molar refractivity (Wildman–Crippen MR) is 85.5 cm³/mol. The van der Waals surface area contributed by atoms with Crippen molar-refractivity contribution in [3.8, 4) is 0 Å². The van der Waals surface area contributed by atoms with E-state index in [0.29, 0.717) is 23.5 Å². The van der Waals surface area contributed by atoms with Crippen molar-refractivity contribution in [2.24, 2.45) is 0 Å². The Morgan fingerprint density at radius 1 is 1.52 bits per heavy atom. The van der Waals surface area contributed by atoms with Crippen LogP contribution in [0.2, 0.25) is 0 Å². The highest BCUT2D eigenvalue weighted by atomic mass is 32.2. The van der Waals surface area contributed by atoms with E-state index >= 15 is 0 Å². The molecule has 1 aliphatic rings. The van der Waals surface area contributed by atoms with Crippen LogP contribution in [-0.4, -0.2) is 60.9 Å². The molecule has 1 atom stereocenters. The number of carbonyl (C=O) groups excluding carboxylic acids is 1. The zero-order valence-electron chi connectivity index (χ0n) is 12.3. The Balaban J connectivity index is 2.38. The van der Waals surface area contributed by atoms with Crippen molar-refractivity contribution in [1.82, 2.24) is 9.88 Å². The lowest BCUT2D eigenvalue weighted by atomic mass is 10.2. The van der Waals surface area contributed by atoms with Gasteiger partial charge < -0.3 is 10.2 Å². The van der Waals surface area contributed by atoms with Crippen molar-refractivity contribution in [3.63, 3.8) is 0 Å². The normalized spacial score (nSPS) is 19.4. The number of thioether (sulfide) groups is 1. The van der Waals surface area contributed by atoms with Crippen LogP contribution in [0.4, 0.5) is 5.69 Å². The van der Waals surface area contributed by atoms with Crippen molar-refractivity contribution in [1.29, 1.82) is 0 Å². The van der Waals surface area contributed by atoms with Gasteiger partial charge in [0.2, 0.25) is 0 Å². The van der Waals surface area contributed by atoms with Gasteiger partial charge in [0.05, 0.1) is 11.3 Å². The maximum absolute atomic E-state index is 12.7. The highest BCUT2D eigenvalue weighted by Crippen LogP contribution is 2.25. The lowest BCUT2D eigenvalue weighted by Gasteiger charge is -2.34. The second kappa shape index (κ2) is 6.23. The van der Waals surface area contributed by atoms with Gasteiger partial charge in [-0.25, -0.2) is 8.42 Å². The van der Waals surface area contributed by atoms with Gasteiger partial charge >= 0.3 is 0 Å². The number of carbonyl (C=O) groups is 1. The molecule has 1 fully saturated rings. The summed E-state index contributed by atoms with van der Waals surface area (Å²) < 4.78 is 23.8. The number of aryl methyl sites for hydroxylation is 1. The Bertz CT molecular complexity index is 646. The van der Waals surface area contributed by atoms with Gasteiger partial charge in [0, 0.05) is 43.2 Å². The van der Waals surface area contributed by atoms with Gasteiger partial charge in [-0.2, -0.15) is 11.8 Å². The topological polar surface area (TPSA) is 79.4 Å². The molecule has 0 radical (unpaired) electrons. The fourth-order valence-electron chi connectivity index (χ4n) is 2.26. The van der Waals surface area contributed by atoms with Crippen LogP contribution in [0.5, 0.6) is 0 Å². The number of hydrogen-bond donors (Lipinski definition) is 1. The number of rotatable bonds is 3. The molecule has 6 nitrogen and oxygen atoms in total. The Morgan fingerprint density at radius 3 is 2.86 bits per heavy atom. The van der Waals surface area contributed by atoms with Crippen LogP contribution in [0.15, 0.2) is 12.3 Å². The lowest BCUT2D eigenvalue weighted by molar-refractivity contribution is 0.0750. The molecule has 1 N–H and O–H groups in total. The van der Waals surface area contributed by atoms with E-state index in [1.165, 1.54) is 17.4 Å². The first-order valence-electron chi connectivity index (χ1n) is 6.56. The number of hydrogen-bond acceptors (Lipinski definition) is 6. The quantitative estimate of drug-likeness (QED) is 0.891. The van der Waals surface area contributed by atoms with Gasteiger partial charge in [0.1, 0.15) is 5.37 Å². The van der Waals surface area contributed by atoms with Gasteiger partial charge in [-0.15, -0.1) is 0 Å². The monoisotopic (exact) mass is 329 g/mol. The highest BCUT2D eigenvalue weighted by Gasteiger charge is 2.35. The fraction of sp³-hybridized carbons (Fsp3) is 0.538. The summed E-state index contributed by atoms with van der Waals surface area (Å²) in [5, 5.41) is 2.20. The minimum Gasteiger partial charge on any atom is -0.387 e.